The molecule has 0 amide bonds. The molecule has 2 rings (SSSR count). The van der Waals surface area contributed by atoms with Gasteiger partial charge in [-0.15, -0.1) is 11.4 Å². The van der Waals surface area contributed by atoms with E-state index in [-0.39, 0.29) is 18.9 Å². The number of hydrogen-bond acceptors (Lipinski definition) is 2. The molecule has 0 aromatic carbocycles. The molecule has 0 N–H and O–H groups in total. The van der Waals surface area contributed by atoms with Gasteiger partial charge in [-0.25, -0.2) is 11.3 Å². The summed E-state index contributed by atoms with van der Waals surface area (Å²) >= 11 is 3.47. The average Bonchev–Trinajstić information content (AvgIpc) is 2.15. The summed E-state index contributed by atoms with van der Waals surface area (Å²) in [5.41, 5.74) is 0. The smallest absolute Gasteiger partial charge is 0.285 e. The van der Waals surface area contributed by atoms with Gasteiger partial charge in [-0.3, -0.25) is 11.3 Å². The topological polar surface area (TPSA) is 0 Å². The molecule has 0 unspecified atom stereocenters. The molecule has 0 nitrogen and oxygen atoms in total. The molecular formula is C6H3LiS2. The van der Waals surface area contributed by atoms with Crippen molar-refractivity contribution in [1.29, 1.82) is 0 Å². The summed E-state index contributed by atoms with van der Waals surface area (Å²) < 4.78 is 1.38. The van der Waals surface area contributed by atoms with Gasteiger partial charge in [-0.2, -0.15) is 11.5 Å². The van der Waals surface area contributed by atoms with E-state index in [0.717, 1.165) is 0 Å². The predicted molar refractivity (Wildman–Crippen MR) is 38.5 cm³/mol. The van der Waals surface area contributed by atoms with Gasteiger partial charge in [0.2, 0.25) is 0 Å². The van der Waals surface area contributed by atoms with Crippen molar-refractivity contribution in [1.82, 2.24) is 0 Å². The second-order valence-corrected chi connectivity index (χ2v) is 3.55. The van der Waals surface area contributed by atoms with Crippen molar-refractivity contribution in [2.24, 2.45) is 0 Å². The molecule has 0 atom stereocenters. The van der Waals surface area contributed by atoms with Crippen LogP contribution < -0.4 is 18.9 Å². The van der Waals surface area contributed by atoms with Crippen LogP contribution >= 0.6 is 22.7 Å². The first kappa shape index (κ1) is 7.37. The normalized spacial score (nSPS) is 9.33. The van der Waals surface area contributed by atoms with Crippen molar-refractivity contribution in [2.75, 3.05) is 0 Å². The predicted octanol–water partition coefficient (Wildman–Crippen LogP) is -0.233. The van der Waals surface area contributed by atoms with Crippen LogP contribution in [0, 0.1) is 5.38 Å². The van der Waals surface area contributed by atoms with E-state index < -0.39 is 0 Å². The minimum Gasteiger partial charge on any atom is -0.285 e. The Morgan fingerprint density at radius 1 is 1.44 bits per heavy atom. The van der Waals surface area contributed by atoms with E-state index in [0.29, 0.717) is 0 Å². The third-order valence-electron chi connectivity index (χ3n) is 1.02. The van der Waals surface area contributed by atoms with Crippen LogP contribution in [0.15, 0.2) is 17.5 Å². The van der Waals surface area contributed by atoms with E-state index in [1.54, 1.807) is 22.7 Å². The minimum atomic E-state index is 0. The van der Waals surface area contributed by atoms with Crippen LogP contribution in [0.4, 0.5) is 0 Å². The van der Waals surface area contributed by atoms with Crippen LogP contribution in [0.2, 0.25) is 0 Å². The van der Waals surface area contributed by atoms with Gasteiger partial charge < -0.3 is 0 Å². The molecule has 40 valence electrons. The Morgan fingerprint density at radius 3 is 3.11 bits per heavy atom. The molecule has 9 heavy (non-hydrogen) atoms. The number of fused-ring (bicyclic) bond motifs is 1. The molecule has 2 heterocycles. The van der Waals surface area contributed by atoms with Gasteiger partial charge in [0.05, 0.1) is 0 Å². The molecule has 0 spiro atoms. The quantitative estimate of drug-likeness (QED) is 0.355. The van der Waals surface area contributed by atoms with Crippen molar-refractivity contribution in [3.8, 4) is 0 Å². The summed E-state index contributed by atoms with van der Waals surface area (Å²) in [5.74, 6) is 0. The molecule has 0 saturated carbocycles. The largest absolute Gasteiger partial charge is 1.00 e. The SMILES string of the molecule is [Li+].[c-]1cc2ccsc2s1. The van der Waals surface area contributed by atoms with Gasteiger partial charge in [-0.05, 0) is 5.38 Å². The van der Waals surface area contributed by atoms with Gasteiger partial charge in [0, 0.05) is 0 Å². The number of rotatable bonds is 0. The summed E-state index contributed by atoms with van der Waals surface area (Å²) in [7, 11) is 0. The molecular weight excluding hydrogens is 143 g/mol. The summed E-state index contributed by atoms with van der Waals surface area (Å²) in [6.45, 7) is 0. The van der Waals surface area contributed by atoms with E-state index in [4.69, 9.17) is 0 Å². The fraction of sp³-hybridized carbons (Fsp3) is 0. The van der Waals surface area contributed by atoms with Gasteiger partial charge in [0.25, 0.3) is 0 Å². The van der Waals surface area contributed by atoms with Gasteiger partial charge in [0.1, 0.15) is 0 Å². The molecule has 0 aliphatic heterocycles. The Labute approximate surface area is 73.7 Å². The van der Waals surface area contributed by atoms with E-state index in [1.165, 1.54) is 9.40 Å². The third kappa shape index (κ3) is 1.22. The van der Waals surface area contributed by atoms with Crippen LogP contribution in [0.25, 0.3) is 9.40 Å². The number of hydrogen-bond donors (Lipinski definition) is 0. The van der Waals surface area contributed by atoms with Crippen LogP contribution in [-0.4, -0.2) is 0 Å². The second-order valence-electron chi connectivity index (χ2n) is 1.53. The van der Waals surface area contributed by atoms with Crippen molar-refractivity contribution in [3.63, 3.8) is 0 Å². The van der Waals surface area contributed by atoms with Crippen LogP contribution in [0.5, 0.6) is 0 Å². The van der Waals surface area contributed by atoms with E-state index in [9.17, 15) is 0 Å². The Kier molecular flexibility index (Phi) is 2.37. The molecule has 2 aromatic heterocycles. The first-order chi connectivity index (χ1) is 3.97. The molecule has 0 bridgehead atoms. The van der Waals surface area contributed by atoms with E-state index in [1.807, 2.05) is 6.07 Å². The Bertz CT molecular complexity index is 232. The maximum absolute atomic E-state index is 3.07. The first-order valence-electron chi connectivity index (χ1n) is 2.30. The maximum Gasteiger partial charge on any atom is 1.00 e. The summed E-state index contributed by atoms with van der Waals surface area (Å²) in [5, 5.41) is 6.51. The molecule has 0 radical (unpaired) electrons. The molecule has 2 aromatic rings. The Hall–Kier alpha value is 0.257. The van der Waals surface area contributed by atoms with E-state index in [2.05, 4.69) is 16.8 Å². The Morgan fingerprint density at radius 2 is 2.33 bits per heavy atom. The molecule has 0 aliphatic rings. The molecule has 3 heteroatoms. The van der Waals surface area contributed by atoms with Crippen LogP contribution in [0.3, 0.4) is 0 Å². The van der Waals surface area contributed by atoms with Gasteiger partial charge in [-0.1, -0.05) is 4.01 Å². The molecule has 0 saturated heterocycles. The number of thiophene rings is 2. The monoisotopic (exact) mass is 146 g/mol. The van der Waals surface area contributed by atoms with Crippen molar-refractivity contribution in [3.05, 3.63) is 22.9 Å². The zero-order valence-electron chi connectivity index (χ0n) is 5.05. The van der Waals surface area contributed by atoms with Crippen LogP contribution in [0.1, 0.15) is 0 Å². The molecule has 0 aliphatic carbocycles. The molecule has 0 fully saturated rings. The van der Waals surface area contributed by atoms with Crippen molar-refractivity contribution < 1.29 is 18.9 Å². The van der Waals surface area contributed by atoms with E-state index >= 15 is 0 Å². The van der Waals surface area contributed by atoms with Crippen molar-refractivity contribution >= 4 is 32.1 Å². The van der Waals surface area contributed by atoms with Gasteiger partial charge >= 0.3 is 18.9 Å². The first-order valence-corrected chi connectivity index (χ1v) is 3.99. The fourth-order valence-electron chi connectivity index (χ4n) is 0.642. The zero-order valence-corrected chi connectivity index (χ0v) is 6.68. The minimum absolute atomic E-state index is 0. The van der Waals surface area contributed by atoms with Crippen LogP contribution in [-0.2, 0) is 0 Å². The Balaban J connectivity index is 0.000000405. The zero-order chi connectivity index (χ0) is 5.40. The van der Waals surface area contributed by atoms with Crippen molar-refractivity contribution in [2.45, 2.75) is 0 Å². The maximum atomic E-state index is 3.07. The summed E-state index contributed by atoms with van der Waals surface area (Å²) in [6, 6.07) is 4.14. The third-order valence-corrected chi connectivity index (χ3v) is 2.94. The average molecular weight is 146 g/mol. The standard InChI is InChI=1S/C6H3S2.Li/c1-3-7-6-5(1)2-4-8-6;/h1-3H;/q-1;+1. The fourth-order valence-corrected chi connectivity index (χ4v) is 2.28. The summed E-state index contributed by atoms with van der Waals surface area (Å²) in [4.78, 5) is 0. The second kappa shape index (κ2) is 2.89. The summed E-state index contributed by atoms with van der Waals surface area (Å²) in [6.07, 6.45) is 0. The van der Waals surface area contributed by atoms with Gasteiger partial charge in [0.15, 0.2) is 0 Å².